The molecular formula is C23H25Cl4NO4. The van der Waals surface area contributed by atoms with Gasteiger partial charge < -0.3 is 19.0 Å². The SMILES string of the molecule is CCCON=Cc1ccc(OCCCCOc2c(Cl)cc(OCC=C(Cl)Cl)cc2Cl)cc1. The number of oxime groups is 1. The number of rotatable bonds is 14. The Morgan fingerprint density at radius 2 is 1.53 bits per heavy atom. The second-order valence-corrected chi connectivity index (χ2v) is 8.38. The largest absolute Gasteiger partial charge is 0.494 e. The summed E-state index contributed by atoms with van der Waals surface area (Å²) in [7, 11) is 0. The van der Waals surface area contributed by atoms with Crippen molar-refractivity contribution in [3.8, 4) is 17.2 Å². The molecule has 0 amide bonds. The fourth-order valence-electron chi connectivity index (χ4n) is 2.42. The molecule has 32 heavy (non-hydrogen) atoms. The fraction of sp³-hybridized carbons (Fsp3) is 0.348. The van der Waals surface area contributed by atoms with Crippen molar-refractivity contribution >= 4 is 52.6 Å². The first-order valence-electron chi connectivity index (χ1n) is 10.1. The normalized spacial score (nSPS) is 10.8. The van der Waals surface area contributed by atoms with Crippen LogP contribution in [0.15, 0.2) is 52.1 Å². The van der Waals surface area contributed by atoms with Crippen molar-refractivity contribution < 1.29 is 19.0 Å². The Hall–Kier alpha value is -1.79. The number of halogens is 4. The van der Waals surface area contributed by atoms with Crippen LogP contribution in [0.1, 0.15) is 31.7 Å². The second-order valence-electron chi connectivity index (χ2n) is 6.56. The van der Waals surface area contributed by atoms with Gasteiger partial charge in [-0.2, -0.15) is 0 Å². The second kappa shape index (κ2) is 15.1. The van der Waals surface area contributed by atoms with Gasteiger partial charge in [0.05, 0.1) is 29.5 Å². The lowest BCUT2D eigenvalue weighted by Gasteiger charge is -2.12. The summed E-state index contributed by atoms with van der Waals surface area (Å²) in [6.07, 6.45) is 5.72. The number of benzene rings is 2. The molecule has 0 saturated carbocycles. The Labute approximate surface area is 208 Å². The van der Waals surface area contributed by atoms with E-state index in [9.17, 15) is 0 Å². The standard InChI is InChI=1S/C23H25Cl4NO4/c1-2-10-32-28-16-17-5-7-18(8-6-17)29-11-3-4-12-31-23-20(24)14-19(15-21(23)25)30-13-9-22(26)27/h5-9,14-16H,2-4,10-13H2,1H3. The quantitative estimate of drug-likeness (QED) is 0.145. The topological polar surface area (TPSA) is 49.3 Å². The van der Waals surface area contributed by atoms with Gasteiger partial charge in [0.15, 0.2) is 5.75 Å². The average Bonchev–Trinajstić information content (AvgIpc) is 2.76. The van der Waals surface area contributed by atoms with E-state index in [2.05, 4.69) is 5.16 Å². The van der Waals surface area contributed by atoms with Crippen molar-refractivity contribution in [2.24, 2.45) is 5.16 Å². The minimum atomic E-state index is 0.130. The van der Waals surface area contributed by atoms with Gasteiger partial charge in [-0.1, -0.05) is 58.5 Å². The van der Waals surface area contributed by atoms with Gasteiger partial charge in [-0.15, -0.1) is 0 Å². The first-order valence-corrected chi connectivity index (χ1v) is 11.6. The number of hydrogen-bond donors (Lipinski definition) is 0. The van der Waals surface area contributed by atoms with Gasteiger partial charge in [-0.05, 0) is 55.2 Å². The summed E-state index contributed by atoms with van der Waals surface area (Å²) >= 11 is 23.6. The predicted molar refractivity (Wildman–Crippen MR) is 132 cm³/mol. The van der Waals surface area contributed by atoms with Crippen LogP contribution in [0.4, 0.5) is 0 Å². The lowest BCUT2D eigenvalue weighted by Crippen LogP contribution is -2.03. The van der Waals surface area contributed by atoms with Crippen molar-refractivity contribution in [2.45, 2.75) is 26.2 Å². The molecule has 0 aliphatic carbocycles. The molecule has 174 valence electrons. The number of ether oxygens (including phenoxy) is 3. The van der Waals surface area contributed by atoms with Gasteiger partial charge in [0.1, 0.15) is 29.2 Å². The highest BCUT2D eigenvalue weighted by atomic mass is 35.5. The maximum Gasteiger partial charge on any atom is 0.156 e. The lowest BCUT2D eigenvalue weighted by molar-refractivity contribution is 0.146. The molecule has 9 heteroatoms. The zero-order valence-corrected chi connectivity index (χ0v) is 20.7. The smallest absolute Gasteiger partial charge is 0.156 e. The first kappa shape index (κ1) is 26.5. The van der Waals surface area contributed by atoms with E-state index < -0.39 is 0 Å². The van der Waals surface area contributed by atoms with Gasteiger partial charge in [0, 0.05) is 12.1 Å². The third-order valence-corrected chi connectivity index (χ3v) is 4.84. The highest BCUT2D eigenvalue weighted by Crippen LogP contribution is 2.37. The van der Waals surface area contributed by atoms with Crippen molar-refractivity contribution in [2.75, 3.05) is 26.4 Å². The predicted octanol–water partition coefficient (Wildman–Crippen LogP) is 7.69. The molecule has 0 unspecified atom stereocenters. The Balaban J connectivity index is 1.68. The van der Waals surface area contributed by atoms with Crippen LogP contribution in [0.5, 0.6) is 17.2 Å². The van der Waals surface area contributed by atoms with Crippen LogP contribution in [-0.4, -0.2) is 32.6 Å². The summed E-state index contributed by atoms with van der Waals surface area (Å²) in [5.74, 6) is 1.72. The molecule has 0 fully saturated rings. The first-order chi connectivity index (χ1) is 15.5. The highest BCUT2D eigenvalue weighted by Gasteiger charge is 2.10. The van der Waals surface area contributed by atoms with E-state index in [-0.39, 0.29) is 11.1 Å². The van der Waals surface area contributed by atoms with Crippen LogP contribution in [0, 0.1) is 0 Å². The van der Waals surface area contributed by atoms with E-state index in [0.717, 1.165) is 30.6 Å². The van der Waals surface area contributed by atoms with E-state index in [1.165, 1.54) is 6.08 Å². The highest BCUT2D eigenvalue weighted by molar-refractivity contribution is 6.55. The molecule has 0 aliphatic heterocycles. The lowest BCUT2D eigenvalue weighted by atomic mass is 10.2. The van der Waals surface area contributed by atoms with E-state index >= 15 is 0 Å². The van der Waals surface area contributed by atoms with Crippen LogP contribution in [-0.2, 0) is 4.84 Å². The average molecular weight is 521 g/mol. The van der Waals surface area contributed by atoms with E-state index in [1.807, 2.05) is 31.2 Å². The van der Waals surface area contributed by atoms with Gasteiger partial charge in [0.25, 0.3) is 0 Å². The summed E-state index contributed by atoms with van der Waals surface area (Å²) in [6, 6.07) is 10.9. The fourth-order valence-corrected chi connectivity index (χ4v) is 3.12. The molecular weight excluding hydrogens is 496 g/mol. The monoisotopic (exact) mass is 519 g/mol. The van der Waals surface area contributed by atoms with Gasteiger partial charge in [0.2, 0.25) is 0 Å². The molecule has 0 N–H and O–H groups in total. The van der Waals surface area contributed by atoms with E-state index in [0.29, 0.717) is 41.4 Å². The molecule has 0 spiro atoms. The number of hydrogen-bond acceptors (Lipinski definition) is 5. The molecule has 5 nitrogen and oxygen atoms in total. The summed E-state index contributed by atoms with van der Waals surface area (Å²) in [5, 5.41) is 4.64. The van der Waals surface area contributed by atoms with E-state index in [4.69, 9.17) is 65.5 Å². The van der Waals surface area contributed by atoms with Crippen LogP contribution in [0.2, 0.25) is 10.0 Å². The number of unbranched alkanes of at least 4 members (excludes halogenated alkanes) is 1. The van der Waals surface area contributed by atoms with Gasteiger partial charge >= 0.3 is 0 Å². The van der Waals surface area contributed by atoms with Crippen LogP contribution in [0.3, 0.4) is 0 Å². The number of nitrogens with zero attached hydrogens (tertiary/aromatic N) is 1. The Bertz CT molecular complexity index is 861. The third kappa shape index (κ3) is 10.2. The maximum atomic E-state index is 6.26. The third-order valence-electron chi connectivity index (χ3n) is 3.97. The molecule has 2 aromatic rings. The summed E-state index contributed by atoms with van der Waals surface area (Å²) in [5.41, 5.74) is 0.950. The minimum Gasteiger partial charge on any atom is -0.494 e. The molecule has 0 bridgehead atoms. The Kier molecular flexibility index (Phi) is 12.5. The molecule has 0 heterocycles. The minimum absolute atomic E-state index is 0.130. The van der Waals surface area contributed by atoms with Gasteiger partial charge in [-0.3, -0.25) is 0 Å². The van der Waals surface area contributed by atoms with Crippen molar-refractivity contribution in [1.29, 1.82) is 0 Å². The molecule has 0 saturated heterocycles. The van der Waals surface area contributed by atoms with E-state index in [1.54, 1.807) is 18.3 Å². The van der Waals surface area contributed by atoms with Crippen molar-refractivity contribution in [3.63, 3.8) is 0 Å². The Morgan fingerprint density at radius 3 is 2.16 bits per heavy atom. The maximum absolute atomic E-state index is 6.26. The molecule has 2 rings (SSSR count). The zero-order chi connectivity index (χ0) is 23.2. The van der Waals surface area contributed by atoms with Crippen LogP contribution < -0.4 is 14.2 Å². The van der Waals surface area contributed by atoms with Crippen molar-refractivity contribution in [3.05, 3.63) is 62.6 Å². The zero-order valence-electron chi connectivity index (χ0n) is 17.7. The van der Waals surface area contributed by atoms with Crippen molar-refractivity contribution in [1.82, 2.24) is 0 Å². The summed E-state index contributed by atoms with van der Waals surface area (Å²) in [4.78, 5) is 5.09. The summed E-state index contributed by atoms with van der Waals surface area (Å²) in [6.45, 7) is 3.88. The van der Waals surface area contributed by atoms with Crippen LogP contribution >= 0.6 is 46.4 Å². The molecule has 2 aromatic carbocycles. The molecule has 0 aromatic heterocycles. The van der Waals surface area contributed by atoms with Crippen LogP contribution in [0.25, 0.3) is 0 Å². The molecule has 0 atom stereocenters. The van der Waals surface area contributed by atoms with Gasteiger partial charge in [-0.25, -0.2) is 0 Å². The summed E-state index contributed by atoms with van der Waals surface area (Å²) < 4.78 is 17.1. The molecule has 0 aliphatic rings. The Morgan fingerprint density at radius 1 is 0.875 bits per heavy atom. The molecule has 0 radical (unpaired) electrons.